The average molecular weight is 396 g/mol. The smallest absolute Gasteiger partial charge is 0.410 e. The number of carbonyl (C=O) groups excluding carboxylic acids is 1. The van der Waals surface area contributed by atoms with Gasteiger partial charge < -0.3 is 20.3 Å². The Morgan fingerprint density at radius 1 is 1.26 bits per heavy atom. The van der Waals surface area contributed by atoms with Gasteiger partial charge in [-0.05, 0) is 56.1 Å². The Bertz CT molecular complexity index is 590. The summed E-state index contributed by atoms with van der Waals surface area (Å²) in [5.41, 5.74) is 0.835. The molecule has 1 saturated heterocycles. The lowest BCUT2D eigenvalue weighted by molar-refractivity contribution is 0.0145. The summed E-state index contributed by atoms with van der Waals surface area (Å²) in [6, 6.07) is 2.11. The highest BCUT2D eigenvalue weighted by atomic mass is 32.1. The number of ether oxygens (including phenoxy) is 1. The molecule has 0 spiro atoms. The van der Waals surface area contributed by atoms with Crippen molar-refractivity contribution in [1.82, 2.24) is 20.4 Å². The quantitative estimate of drug-likeness (QED) is 0.440. The number of piperazine rings is 1. The third-order valence-corrected chi connectivity index (χ3v) is 4.96. The van der Waals surface area contributed by atoms with E-state index in [9.17, 15) is 4.79 Å². The van der Waals surface area contributed by atoms with Gasteiger partial charge in [-0.2, -0.15) is 11.3 Å². The Morgan fingerprint density at radius 3 is 2.59 bits per heavy atom. The van der Waals surface area contributed by atoms with Gasteiger partial charge in [-0.3, -0.25) is 9.89 Å². The van der Waals surface area contributed by atoms with Crippen LogP contribution in [-0.4, -0.2) is 73.8 Å². The molecule has 0 atom stereocenters. The normalized spacial score (nSPS) is 16.3. The SMILES string of the molecule is CN=C(NCCCN1CCN(C(=O)OC(C)(C)C)CC1)NCc1ccsc1. The first-order chi connectivity index (χ1) is 12.9. The summed E-state index contributed by atoms with van der Waals surface area (Å²) in [7, 11) is 1.79. The molecule has 1 amide bonds. The maximum Gasteiger partial charge on any atom is 0.410 e. The van der Waals surface area contributed by atoms with E-state index in [0.29, 0.717) is 0 Å². The van der Waals surface area contributed by atoms with Crippen molar-refractivity contribution >= 4 is 23.4 Å². The minimum Gasteiger partial charge on any atom is -0.444 e. The molecule has 0 unspecified atom stereocenters. The van der Waals surface area contributed by atoms with Gasteiger partial charge in [0.15, 0.2) is 5.96 Å². The van der Waals surface area contributed by atoms with Crippen molar-refractivity contribution < 1.29 is 9.53 Å². The molecule has 2 heterocycles. The van der Waals surface area contributed by atoms with E-state index >= 15 is 0 Å². The summed E-state index contributed by atoms with van der Waals surface area (Å²) in [6.07, 6.45) is 0.829. The van der Waals surface area contributed by atoms with E-state index in [4.69, 9.17) is 4.74 Å². The van der Waals surface area contributed by atoms with E-state index < -0.39 is 5.60 Å². The highest BCUT2D eigenvalue weighted by molar-refractivity contribution is 7.07. The van der Waals surface area contributed by atoms with Crippen molar-refractivity contribution in [2.24, 2.45) is 4.99 Å². The highest BCUT2D eigenvalue weighted by Gasteiger charge is 2.25. The topological polar surface area (TPSA) is 69.2 Å². The number of amides is 1. The lowest BCUT2D eigenvalue weighted by Gasteiger charge is -2.35. The third kappa shape index (κ3) is 8.17. The summed E-state index contributed by atoms with van der Waals surface area (Å²) in [5.74, 6) is 0.830. The second kappa shape index (κ2) is 10.5. The lowest BCUT2D eigenvalue weighted by Crippen LogP contribution is -2.50. The Balaban J connectivity index is 1.58. The number of rotatable bonds is 6. The standard InChI is InChI=1S/C19H33N5O2S/c1-19(2,3)26-18(25)24-11-9-23(10-12-24)8-5-7-21-17(20-4)22-14-16-6-13-27-15-16/h6,13,15H,5,7-12,14H2,1-4H3,(H2,20,21,22). The first-order valence-corrected chi connectivity index (χ1v) is 10.5. The molecular weight excluding hydrogens is 362 g/mol. The van der Waals surface area contributed by atoms with Crippen LogP contribution in [0.1, 0.15) is 32.8 Å². The molecular formula is C19H33N5O2S. The Labute approximate surface area is 166 Å². The minimum atomic E-state index is -0.435. The summed E-state index contributed by atoms with van der Waals surface area (Å²) < 4.78 is 5.44. The first-order valence-electron chi connectivity index (χ1n) is 9.53. The molecule has 1 aliphatic heterocycles. The van der Waals surface area contributed by atoms with E-state index in [1.807, 2.05) is 20.8 Å². The molecule has 2 rings (SSSR count). The van der Waals surface area contributed by atoms with Crippen LogP contribution in [0.2, 0.25) is 0 Å². The van der Waals surface area contributed by atoms with Gasteiger partial charge in [-0.15, -0.1) is 0 Å². The molecule has 1 aromatic heterocycles. The molecule has 27 heavy (non-hydrogen) atoms. The molecule has 1 fully saturated rings. The number of aliphatic imine (C=N–C) groups is 1. The van der Waals surface area contributed by atoms with Gasteiger partial charge in [-0.1, -0.05) is 0 Å². The van der Waals surface area contributed by atoms with Gasteiger partial charge >= 0.3 is 6.09 Å². The maximum absolute atomic E-state index is 12.1. The summed E-state index contributed by atoms with van der Waals surface area (Å²) in [4.78, 5) is 20.5. The van der Waals surface area contributed by atoms with Crippen molar-refractivity contribution in [2.75, 3.05) is 46.3 Å². The summed E-state index contributed by atoms with van der Waals surface area (Å²) in [6.45, 7) is 11.6. The molecule has 0 aromatic carbocycles. The fourth-order valence-corrected chi connectivity index (χ4v) is 3.46. The number of hydrogen-bond donors (Lipinski definition) is 2. The summed E-state index contributed by atoms with van der Waals surface area (Å²) in [5, 5.41) is 10.9. The molecule has 1 aliphatic rings. The van der Waals surface area contributed by atoms with Crippen LogP contribution in [0.25, 0.3) is 0 Å². The maximum atomic E-state index is 12.1. The van der Waals surface area contributed by atoms with Crippen LogP contribution in [0.5, 0.6) is 0 Å². The zero-order valence-electron chi connectivity index (χ0n) is 17.0. The van der Waals surface area contributed by atoms with Crippen LogP contribution in [0.15, 0.2) is 21.8 Å². The van der Waals surface area contributed by atoms with E-state index in [0.717, 1.165) is 58.2 Å². The van der Waals surface area contributed by atoms with Gasteiger partial charge in [0.25, 0.3) is 0 Å². The molecule has 1 aromatic rings. The molecule has 8 heteroatoms. The van der Waals surface area contributed by atoms with E-state index in [1.54, 1.807) is 23.3 Å². The van der Waals surface area contributed by atoms with Gasteiger partial charge in [0.05, 0.1) is 0 Å². The number of nitrogens with zero attached hydrogens (tertiary/aromatic N) is 3. The zero-order valence-corrected chi connectivity index (χ0v) is 17.8. The molecule has 2 N–H and O–H groups in total. The monoisotopic (exact) mass is 395 g/mol. The van der Waals surface area contributed by atoms with Crippen LogP contribution in [0.3, 0.4) is 0 Å². The number of thiophene rings is 1. The molecule has 0 aliphatic carbocycles. The zero-order chi connectivity index (χ0) is 19.7. The fraction of sp³-hybridized carbons (Fsp3) is 0.684. The van der Waals surface area contributed by atoms with Gasteiger partial charge in [0.2, 0.25) is 0 Å². The summed E-state index contributed by atoms with van der Waals surface area (Å²) >= 11 is 1.70. The fourth-order valence-electron chi connectivity index (χ4n) is 2.79. The number of nitrogens with one attached hydrogen (secondary N) is 2. The van der Waals surface area contributed by atoms with Crippen molar-refractivity contribution in [2.45, 2.75) is 39.3 Å². The Morgan fingerprint density at radius 2 is 2.00 bits per heavy atom. The van der Waals surface area contributed by atoms with Crippen LogP contribution in [0, 0.1) is 0 Å². The molecule has 152 valence electrons. The Hall–Kier alpha value is -1.80. The van der Waals surface area contributed by atoms with E-state index in [-0.39, 0.29) is 6.09 Å². The molecule has 0 radical (unpaired) electrons. The molecule has 0 bridgehead atoms. The number of guanidine groups is 1. The van der Waals surface area contributed by atoms with Gasteiger partial charge in [-0.25, -0.2) is 4.79 Å². The minimum absolute atomic E-state index is 0.204. The lowest BCUT2D eigenvalue weighted by atomic mass is 10.2. The largest absolute Gasteiger partial charge is 0.444 e. The molecule has 7 nitrogen and oxygen atoms in total. The van der Waals surface area contributed by atoms with Crippen molar-refractivity contribution in [1.29, 1.82) is 0 Å². The average Bonchev–Trinajstić information content (AvgIpc) is 3.13. The predicted octanol–water partition coefficient (Wildman–Crippen LogP) is 2.36. The van der Waals surface area contributed by atoms with Gasteiger partial charge in [0.1, 0.15) is 5.60 Å². The van der Waals surface area contributed by atoms with Crippen LogP contribution in [-0.2, 0) is 11.3 Å². The predicted molar refractivity (Wildman–Crippen MR) is 111 cm³/mol. The van der Waals surface area contributed by atoms with Crippen LogP contribution < -0.4 is 10.6 Å². The van der Waals surface area contributed by atoms with Crippen LogP contribution in [0.4, 0.5) is 4.79 Å². The number of hydrogen-bond acceptors (Lipinski definition) is 5. The van der Waals surface area contributed by atoms with E-state index in [2.05, 4.69) is 37.4 Å². The first kappa shape index (κ1) is 21.5. The van der Waals surface area contributed by atoms with Crippen LogP contribution >= 0.6 is 11.3 Å². The second-order valence-corrected chi connectivity index (χ2v) is 8.43. The Kier molecular flexibility index (Phi) is 8.37. The van der Waals surface area contributed by atoms with Crippen molar-refractivity contribution in [3.8, 4) is 0 Å². The number of carbonyl (C=O) groups is 1. The third-order valence-electron chi connectivity index (χ3n) is 4.23. The van der Waals surface area contributed by atoms with Gasteiger partial charge in [0, 0.05) is 46.3 Å². The van der Waals surface area contributed by atoms with Crippen molar-refractivity contribution in [3.05, 3.63) is 22.4 Å². The van der Waals surface area contributed by atoms with Crippen molar-refractivity contribution in [3.63, 3.8) is 0 Å². The molecule has 0 saturated carbocycles. The highest BCUT2D eigenvalue weighted by Crippen LogP contribution is 2.12. The second-order valence-electron chi connectivity index (χ2n) is 7.65. The van der Waals surface area contributed by atoms with E-state index in [1.165, 1.54) is 5.56 Å².